The Morgan fingerprint density at radius 1 is 1.31 bits per heavy atom. The first kappa shape index (κ1) is 17.8. The predicted molar refractivity (Wildman–Crippen MR) is 98.7 cm³/mol. The summed E-state index contributed by atoms with van der Waals surface area (Å²) in [6, 6.07) is 5.69. The van der Waals surface area contributed by atoms with Crippen molar-refractivity contribution in [2.45, 2.75) is 33.9 Å². The lowest BCUT2D eigenvalue weighted by molar-refractivity contribution is -0.119. The van der Waals surface area contributed by atoms with Crippen LogP contribution in [0.5, 0.6) is 0 Å². The molecule has 2 aromatic heterocycles. The normalized spacial score (nSPS) is 12.9. The summed E-state index contributed by atoms with van der Waals surface area (Å²) in [4.78, 5) is 33.9. The zero-order valence-electron chi connectivity index (χ0n) is 15.3. The highest BCUT2D eigenvalue weighted by Gasteiger charge is 2.28. The van der Waals surface area contributed by atoms with E-state index in [1.807, 2.05) is 25.3 Å². The second-order valence-corrected chi connectivity index (χ2v) is 6.51. The standard InChI is InChI=1S/C19H23N5O2/c1-12-8-13(2)21-9-15(12)10-22-18-5-4-16-17(23-18)11-24(19(16)26)7-6-20-14(3)25/h4-5,8-9H,6-7,10-11H2,1-3H3,(H,20,25)(H,22,23). The van der Waals surface area contributed by atoms with E-state index < -0.39 is 0 Å². The number of carbonyl (C=O) groups excluding carboxylic acids is 2. The molecule has 2 N–H and O–H groups in total. The molecular formula is C19H23N5O2. The Morgan fingerprint density at radius 2 is 2.12 bits per heavy atom. The number of nitrogens with zero attached hydrogens (tertiary/aromatic N) is 3. The average molecular weight is 353 g/mol. The van der Waals surface area contributed by atoms with Crippen LogP contribution in [-0.2, 0) is 17.9 Å². The van der Waals surface area contributed by atoms with E-state index in [4.69, 9.17) is 0 Å². The van der Waals surface area contributed by atoms with Crippen molar-refractivity contribution < 1.29 is 9.59 Å². The SMILES string of the molecule is CC(=O)NCCN1Cc2nc(NCc3cnc(C)cc3C)ccc2C1=O. The maximum Gasteiger partial charge on any atom is 0.256 e. The van der Waals surface area contributed by atoms with Crippen LogP contribution in [0.1, 0.15) is 39.8 Å². The zero-order valence-corrected chi connectivity index (χ0v) is 15.3. The largest absolute Gasteiger partial charge is 0.366 e. The topological polar surface area (TPSA) is 87.2 Å². The average Bonchev–Trinajstić information content (AvgIpc) is 2.89. The number of aryl methyl sites for hydroxylation is 2. The maximum absolute atomic E-state index is 12.4. The molecule has 0 aliphatic carbocycles. The van der Waals surface area contributed by atoms with E-state index >= 15 is 0 Å². The highest BCUT2D eigenvalue weighted by atomic mass is 16.2. The summed E-state index contributed by atoms with van der Waals surface area (Å²) in [5.41, 5.74) is 4.70. The molecule has 3 rings (SSSR count). The molecular weight excluding hydrogens is 330 g/mol. The minimum Gasteiger partial charge on any atom is -0.366 e. The molecule has 2 amide bonds. The van der Waals surface area contributed by atoms with E-state index in [-0.39, 0.29) is 11.8 Å². The van der Waals surface area contributed by atoms with Crippen molar-refractivity contribution in [1.29, 1.82) is 0 Å². The molecule has 0 saturated heterocycles. The van der Waals surface area contributed by atoms with Crippen molar-refractivity contribution in [2.24, 2.45) is 0 Å². The summed E-state index contributed by atoms with van der Waals surface area (Å²) >= 11 is 0. The molecule has 0 atom stereocenters. The molecule has 1 aliphatic heterocycles. The number of aromatic nitrogens is 2. The third-order valence-electron chi connectivity index (χ3n) is 4.40. The highest BCUT2D eigenvalue weighted by molar-refractivity contribution is 5.98. The fraction of sp³-hybridized carbons (Fsp3) is 0.368. The van der Waals surface area contributed by atoms with Crippen molar-refractivity contribution in [2.75, 3.05) is 18.4 Å². The van der Waals surface area contributed by atoms with E-state index in [2.05, 4.69) is 33.6 Å². The zero-order chi connectivity index (χ0) is 18.7. The summed E-state index contributed by atoms with van der Waals surface area (Å²) < 4.78 is 0. The summed E-state index contributed by atoms with van der Waals surface area (Å²) in [5, 5.41) is 6.01. The van der Waals surface area contributed by atoms with Gasteiger partial charge in [0.25, 0.3) is 5.91 Å². The first-order valence-electron chi connectivity index (χ1n) is 8.63. The fourth-order valence-corrected chi connectivity index (χ4v) is 2.98. The molecule has 26 heavy (non-hydrogen) atoms. The van der Waals surface area contributed by atoms with Gasteiger partial charge in [0.1, 0.15) is 5.82 Å². The van der Waals surface area contributed by atoms with Gasteiger partial charge in [-0.2, -0.15) is 0 Å². The van der Waals surface area contributed by atoms with Crippen molar-refractivity contribution in [3.63, 3.8) is 0 Å². The highest BCUT2D eigenvalue weighted by Crippen LogP contribution is 2.22. The number of anilines is 1. The Balaban J connectivity index is 1.63. The maximum atomic E-state index is 12.4. The van der Waals surface area contributed by atoms with Crippen LogP contribution in [0.25, 0.3) is 0 Å². The molecule has 2 aromatic rings. The lowest BCUT2D eigenvalue weighted by Crippen LogP contribution is -2.34. The van der Waals surface area contributed by atoms with E-state index in [9.17, 15) is 9.59 Å². The molecule has 136 valence electrons. The van der Waals surface area contributed by atoms with Crippen LogP contribution in [-0.4, -0.2) is 39.8 Å². The Hall–Kier alpha value is -2.96. The molecule has 0 fully saturated rings. The van der Waals surface area contributed by atoms with Crippen molar-refractivity contribution >= 4 is 17.6 Å². The molecule has 0 spiro atoms. The third kappa shape index (κ3) is 3.99. The molecule has 0 aromatic carbocycles. The Bertz CT molecular complexity index is 850. The Kier molecular flexibility index (Phi) is 5.16. The van der Waals surface area contributed by atoms with E-state index in [0.717, 1.165) is 22.8 Å². The van der Waals surface area contributed by atoms with Crippen LogP contribution in [0.2, 0.25) is 0 Å². The van der Waals surface area contributed by atoms with Gasteiger partial charge < -0.3 is 15.5 Å². The van der Waals surface area contributed by atoms with Crippen LogP contribution >= 0.6 is 0 Å². The number of hydrogen-bond acceptors (Lipinski definition) is 5. The van der Waals surface area contributed by atoms with Crippen molar-refractivity contribution in [1.82, 2.24) is 20.2 Å². The fourth-order valence-electron chi connectivity index (χ4n) is 2.98. The van der Waals surface area contributed by atoms with Crippen LogP contribution in [0.4, 0.5) is 5.82 Å². The number of nitrogens with one attached hydrogen (secondary N) is 2. The lowest BCUT2D eigenvalue weighted by Gasteiger charge is -2.14. The number of fused-ring (bicyclic) bond motifs is 1. The van der Waals surface area contributed by atoms with Gasteiger partial charge in [0, 0.05) is 38.4 Å². The first-order valence-corrected chi connectivity index (χ1v) is 8.63. The minimum atomic E-state index is -0.0975. The van der Waals surface area contributed by atoms with Crippen LogP contribution in [0.15, 0.2) is 24.4 Å². The van der Waals surface area contributed by atoms with E-state index in [1.165, 1.54) is 12.5 Å². The molecule has 3 heterocycles. The second kappa shape index (κ2) is 7.51. The quantitative estimate of drug-likeness (QED) is 0.827. The van der Waals surface area contributed by atoms with Gasteiger partial charge in [-0.15, -0.1) is 0 Å². The van der Waals surface area contributed by atoms with Gasteiger partial charge in [-0.25, -0.2) is 4.98 Å². The number of pyridine rings is 2. The van der Waals surface area contributed by atoms with E-state index in [1.54, 1.807) is 4.90 Å². The number of amides is 2. The minimum absolute atomic E-state index is 0.0389. The summed E-state index contributed by atoms with van der Waals surface area (Å²) in [6.07, 6.45) is 1.87. The van der Waals surface area contributed by atoms with Gasteiger partial charge >= 0.3 is 0 Å². The molecule has 7 heteroatoms. The monoisotopic (exact) mass is 353 g/mol. The van der Waals surface area contributed by atoms with Crippen LogP contribution < -0.4 is 10.6 Å². The molecule has 1 aliphatic rings. The third-order valence-corrected chi connectivity index (χ3v) is 4.40. The predicted octanol–water partition coefficient (Wildman–Crippen LogP) is 1.80. The van der Waals surface area contributed by atoms with E-state index in [0.29, 0.717) is 31.7 Å². The van der Waals surface area contributed by atoms with Gasteiger partial charge in [0.15, 0.2) is 0 Å². The molecule has 7 nitrogen and oxygen atoms in total. The lowest BCUT2D eigenvalue weighted by atomic mass is 10.1. The molecule has 0 saturated carbocycles. The molecule has 0 radical (unpaired) electrons. The summed E-state index contributed by atoms with van der Waals surface area (Å²) in [6.45, 7) is 7.52. The number of carbonyl (C=O) groups is 2. The number of rotatable bonds is 6. The van der Waals surface area contributed by atoms with Crippen molar-refractivity contribution in [3.05, 3.63) is 52.5 Å². The van der Waals surface area contributed by atoms with Crippen LogP contribution in [0, 0.1) is 13.8 Å². The summed E-state index contributed by atoms with van der Waals surface area (Å²) in [7, 11) is 0. The Labute approximate surface area is 152 Å². The molecule has 0 bridgehead atoms. The van der Waals surface area contributed by atoms with Crippen molar-refractivity contribution in [3.8, 4) is 0 Å². The molecule has 0 unspecified atom stereocenters. The van der Waals surface area contributed by atoms with Gasteiger partial charge in [0.05, 0.1) is 17.8 Å². The number of hydrogen-bond donors (Lipinski definition) is 2. The first-order chi connectivity index (χ1) is 12.4. The van der Waals surface area contributed by atoms with Gasteiger partial charge in [-0.1, -0.05) is 0 Å². The second-order valence-electron chi connectivity index (χ2n) is 6.51. The van der Waals surface area contributed by atoms with Gasteiger partial charge in [0.2, 0.25) is 5.91 Å². The smallest absolute Gasteiger partial charge is 0.256 e. The van der Waals surface area contributed by atoms with Crippen LogP contribution in [0.3, 0.4) is 0 Å². The summed E-state index contributed by atoms with van der Waals surface area (Å²) in [5.74, 6) is 0.600. The van der Waals surface area contributed by atoms with Gasteiger partial charge in [-0.3, -0.25) is 14.6 Å². The Morgan fingerprint density at radius 3 is 2.85 bits per heavy atom. The van der Waals surface area contributed by atoms with Gasteiger partial charge in [-0.05, 0) is 43.2 Å².